The number of hydrogen-bond donors (Lipinski definition) is 2. The van der Waals surface area contributed by atoms with Crippen molar-refractivity contribution in [3.05, 3.63) is 60.2 Å². The zero-order chi connectivity index (χ0) is 18.3. The molecule has 0 radical (unpaired) electrons. The van der Waals surface area contributed by atoms with Crippen LogP contribution < -0.4 is 10.1 Å². The molecule has 0 aliphatic rings. The molecule has 0 unspecified atom stereocenters. The van der Waals surface area contributed by atoms with Gasteiger partial charge in [-0.3, -0.25) is 0 Å². The summed E-state index contributed by atoms with van der Waals surface area (Å²) in [5.74, 6) is 0.102. The van der Waals surface area contributed by atoms with Crippen LogP contribution in [0.15, 0.2) is 54.6 Å². The second kappa shape index (κ2) is 8.53. The first-order valence-corrected chi connectivity index (χ1v) is 8.40. The molecule has 134 valence electrons. The van der Waals surface area contributed by atoms with Crippen LogP contribution in [0.3, 0.4) is 0 Å². The van der Waals surface area contributed by atoms with Gasteiger partial charge in [-0.05, 0) is 43.2 Å². The largest absolute Gasteiger partial charge is 0.497 e. The zero-order valence-electron chi connectivity index (χ0n) is 14.9. The van der Waals surface area contributed by atoms with Gasteiger partial charge >= 0.3 is 5.97 Å². The number of ether oxygens (including phenoxy) is 2. The molecule has 0 aliphatic heterocycles. The van der Waals surface area contributed by atoms with Crippen molar-refractivity contribution in [1.29, 1.82) is 0 Å². The van der Waals surface area contributed by atoms with Gasteiger partial charge < -0.3 is 19.9 Å². The van der Waals surface area contributed by atoms with Crippen molar-refractivity contribution in [3.8, 4) is 5.75 Å². The monoisotopic (exact) mass is 343 g/mol. The third-order valence-corrected chi connectivity index (χ3v) is 4.18. The van der Waals surface area contributed by atoms with Crippen LogP contribution >= 0.6 is 0 Å². The molecule has 0 aliphatic carbocycles. The van der Waals surface area contributed by atoms with Crippen molar-refractivity contribution >= 4 is 11.7 Å². The summed E-state index contributed by atoms with van der Waals surface area (Å²) in [5.41, 5.74) is -0.112. The Kier molecular flexibility index (Phi) is 6.42. The van der Waals surface area contributed by atoms with E-state index in [1.807, 2.05) is 54.6 Å². The van der Waals surface area contributed by atoms with Gasteiger partial charge in [-0.1, -0.05) is 37.3 Å². The molecule has 2 rings (SSSR count). The van der Waals surface area contributed by atoms with Crippen molar-refractivity contribution in [3.63, 3.8) is 0 Å². The highest BCUT2D eigenvalue weighted by molar-refractivity contribution is 5.81. The molecular formula is C20H25NO4. The quantitative estimate of drug-likeness (QED) is 0.718. The molecule has 0 aromatic heterocycles. The lowest BCUT2D eigenvalue weighted by Gasteiger charge is -2.34. The third kappa shape index (κ3) is 4.31. The van der Waals surface area contributed by atoms with Crippen molar-refractivity contribution in [2.45, 2.75) is 31.9 Å². The number of aliphatic hydroxyl groups is 1. The van der Waals surface area contributed by atoms with Gasteiger partial charge in [0, 0.05) is 5.69 Å². The van der Waals surface area contributed by atoms with E-state index < -0.39 is 17.6 Å². The lowest BCUT2D eigenvalue weighted by Crippen LogP contribution is -2.48. The molecule has 2 atom stereocenters. The van der Waals surface area contributed by atoms with Gasteiger partial charge in [-0.2, -0.15) is 0 Å². The molecule has 25 heavy (non-hydrogen) atoms. The Morgan fingerprint density at radius 1 is 1.12 bits per heavy atom. The highest BCUT2D eigenvalue weighted by atomic mass is 16.5. The molecule has 2 aromatic rings. The number of benzene rings is 2. The predicted octanol–water partition coefficient (Wildman–Crippen LogP) is 3.55. The van der Waals surface area contributed by atoms with Crippen LogP contribution in [0.5, 0.6) is 5.75 Å². The Bertz CT molecular complexity index is 672. The average Bonchev–Trinajstić information content (AvgIpc) is 2.66. The Morgan fingerprint density at radius 3 is 2.28 bits per heavy atom. The van der Waals surface area contributed by atoms with Gasteiger partial charge in [-0.15, -0.1) is 0 Å². The fourth-order valence-corrected chi connectivity index (χ4v) is 2.70. The van der Waals surface area contributed by atoms with Gasteiger partial charge in [-0.25, -0.2) is 4.79 Å². The lowest BCUT2D eigenvalue weighted by molar-refractivity contribution is -0.167. The Morgan fingerprint density at radius 2 is 1.76 bits per heavy atom. The molecule has 2 N–H and O–H groups in total. The maximum Gasteiger partial charge on any atom is 0.340 e. The molecule has 5 nitrogen and oxygen atoms in total. The van der Waals surface area contributed by atoms with E-state index in [2.05, 4.69) is 5.32 Å². The molecule has 0 bridgehead atoms. The van der Waals surface area contributed by atoms with Crippen molar-refractivity contribution < 1.29 is 19.4 Å². The summed E-state index contributed by atoms with van der Waals surface area (Å²) in [5, 5.41) is 14.4. The summed E-state index contributed by atoms with van der Waals surface area (Å²) in [6.45, 7) is 3.70. The average molecular weight is 343 g/mol. The van der Waals surface area contributed by atoms with Crippen molar-refractivity contribution in [2.75, 3.05) is 19.0 Å². The third-order valence-electron chi connectivity index (χ3n) is 4.18. The van der Waals surface area contributed by atoms with Gasteiger partial charge in [0.2, 0.25) is 0 Å². The first-order chi connectivity index (χ1) is 12.0. The van der Waals surface area contributed by atoms with E-state index in [0.717, 1.165) is 17.0 Å². The second-order valence-corrected chi connectivity index (χ2v) is 5.71. The SMILES string of the molecule is CCOC(=O)[C@](O)(CC)[C@@H](Nc1ccc(OC)cc1)c1ccccc1. The number of rotatable bonds is 8. The summed E-state index contributed by atoms with van der Waals surface area (Å²) >= 11 is 0. The topological polar surface area (TPSA) is 67.8 Å². The summed E-state index contributed by atoms with van der Waals surface area (Å²) in [7, 11) is 1.60. The minimum Gasteiger partial charge on any atom is -0.497 e. The molecule has 0 amide bonds. The fraction of sp³-hybridized carbons (Fsp3) is 0.350. The van der Waals surface area contributed by atoms with Crippen molar-refractivity contribution in [1.82, 2.24) is 0 Å². The van der Waals surface area contributed by atoms with Crippen molar-refractivity contribution in [2.24, 2.45) is 0 Å². The molecule has 5 heteroatoms. The van der Waals surface area contributed by atoms with Crippen LogP contribution in [0, 0.1) is 0 Å². The number of nitrogens with one attached hydrogen (secondary N) is 1. The highest BCUT2D eigenvalue weighted by Gasteiger charge is 2.44. The maximum atomic E-state index is 12.5. The number of carbonyl (C=O) groups excluding carboxylic acids is 1. The second-order valence-electron chi connectivity index (χ2n) is 5.71. The van der Waals surface area contributed by atoms with Crippen LogP contribution in [0.1, 0.15) is 31.9 Å². The number of carbonyl (C=O) groups is 1. The lowest BCUT2D eigenvalue weighted by atomic mass is 9.86. The number of esters is 1. The van der Waals surface area contributed by atoms with Crippen LogP contribution in [0.2, 0.25) is 0 Å². The number of anilines is 1. The zero-order valence-corrected chi connectivity index (χ0v) is 14.9. The molecule has 0 heterocycles. The highest BCUT2D eigenvalue weighted by Crippen LogP contribution is 2.34. The van der Waals surface area contributed by atoms with Crippen LogP contribution in [-0.4, -0.2) is 30.4 Å². The van der Waals surface area contributed by atoms with E-state index >= 15 is 0 Å². The molecular weight excluding hydrogens is 318 g/mol. The number of hydrogen-bond acceptors (Lipinski definition) is 5. The predicted molar refractivity (Wildman–Crippen MR) is 97.7 cm³/mol. The minimum atomic E-state index is -1.68. The summed E-state index contributed by atoms with van der Waals surface area (Å²) in [4.78, 5) is 12.5. The van der Waals surface area contributed by atoms with Gasteiger partial charge in [0.05, 0.1) is 19.8 Å². The molecule has 0 saturated carbocycles. The van der Waals surface area contributed by atoms with E-state index in [1.54, 1.807) is 21.0 Å². The Balaban J connectivity index is 2.40. The summed E-state index contributed by atoms with van der Waals surface area (Å²) < 4.78 is 10.3. The van der Waals surface area contributed by atoms with Gasteiger partial charge in [0.1, 0.15) is 5.75 Å². The standard InChI is InChI=1S/C20H25NO4/c1-4-20(23,19(22)25-5-2)18(15-9-7-6-8-10-15)21-16-11-13-17(24-3)14-12-16/h6-14,18,21,23H,4-5H2,1-3H3/t18-,20-/m0/s1. The Hall–Kier alpha value is -2.53. The van der Waals surface area contributed by atoms with Crippen LogP contribution in [-0.2, 0) is 9.53 Å². The van der Waals surface area contributed by atoms with Crippen LogP contribution in [0.25, 0.3) is 0 Å². The van der Waals surface area contributed by atoms with E-state index in [4.69, 9.17) is 9.47 Å². The first-order valence-electron chi connectivity index (χ1n) is 8.40. The van der Waals surface area contributed by atoms with E-state index in [1.165, 1.54) is 0 Å². The molecule has 0 saturated heterocycles. The maximum absolute atomic E-state index is 12.5. The smallest absolute Gasteiger partial charge is 0.340 e. The van der Waals surface area contributed by atoms with Gasteiger partial charge in [0.15, 0.2) is 5.60 Å². The Labute approximate surface area is 148 Å². The van der Waals surface area contributed by atoms with Gasteiger partial charge in [0.25, 0.3) is 0 Å². The summed E-state index contributed by atoms with van der Waals surface area (Å²) in [6, 6.07) is 16.1. The van der Waals surface area contributed by atoms with E-state index in [9.17, 15) is 9.90 Å². The molecule has 2 aromatic carbocycles. The minimum absolute atomic E-state index is 0.213. The normalized spacial score (nSPS) is 14.2. The summed E-state index contributed by atoms with van der Waals surface area (Å²) in [6.07, 6.45) is 0.217. The fourth-order valence-electron chi connectivity index (χ4n) is 2.70. The van der Waals surface area contributed by atoms with Crippen LogP contribution in [0.4, 0.5) is 5.69 Å². The first kappa shape index (κ1) is 18.8. The molecule has 0 fully saturated rings. The van der Waals surface area contributed by atoms with E-state index in [0.29, 0.717) is 0 Å². The number of methoxy groups -OCH3 is 1. The molecule has 0 spiro atoms. The van der Waals surface area contributed by atoms with E-state index in [-0.39, 0.29) is 13.0 Å².